The van der Waals surface area contributed by atoms with Gasteiger partial charge in [0.2, 0.25) is 0 Å². The van der Waals surface area contributed by atoms with E-state index in [0.29, 0.717) is 11.8 Å². The minimum absolute atomic E-state index is 0. The van der Waals surface area contributed by atoms with E-state index < -0.39 is 0 Å². The summed E-state index contributed by atoms with van der Waals surface area (Å²) >= 11 is 0. The second kappa shape index (κ2) is 8.50. The zero-order chi connectivity index (χ0) is 19.8. The van der Waals surface area contributed by atoms with Gasteiger partial charge in [-0.25, -0.2) is 0 Å². The molecule has 3 atom stereocenters. The van der Waals surface area contributed by atoms with Crippen molar-refractivity contribution in [3.63, 3.8) is 0 Å². The second-order valence-electron chi connectivity index (χ2n) is 8.02. The topological polar surface area (TPSA) is 52.6 Å². The molecule has 2 aliphatic heterocycles. The number of benzene rings is 3. The fourth-order valence-electron chi connectivity index (χ4n) is 4.83. The van der Waals surface area contributed by atoms with Gasteiger partial charge in [-0.2, -0.15) is 0 Å². The van der Waals surface area contributed by atoms with E-state index in [4.69, 9.17) is 0 Å². The normalized spacial score (nSPS) is 22.4. The summed E-state index contributed by atoms with van der Waals surface area (Å²) < 4.78 is 0. The highest BCUT2D eigenvalue weighted by atomic mass is 35.5. The monoisotopic (exact) mass is 420 g/mol. The average Bonchev–Trinajstić information content (AvgIpc) is 3.36. The van der Waals surface area contributed by atoms with Crippen molar-refractivity contribution in [3.05, 3.63) is 90.0 Å². The van der Waals surface area contributed by atoms with Gasteiger partial charge < -0.3 is 15.3 Å². The van der Waals surface area contributed by atoms with Crippen LogP contribution >= 0.6 is 12.4 Å². The Morgan fingerprint density at radius 1 is 0.867 bits per heavy atom. The first-order chi connectivity index (χ1) is 14.2. The molecular formula is C25H25ClN2O2. The van der Waals surface area contributed by atoms with Gasteiger partial charge in [0, 0.05) is 31.1 Å². The summed E-state index contributed by atoms with van der Waals surface area (Å²) in [5.74, 6) is 1.34. The summed E-state index contributed by atoms with van der Waals surface area (Å²) in [7, 11) is 0. The van der Waals surface area contributed by atoms with Gasteiger partial charge in [0.25, 0.3) is 5.91 Å². The van der Waals surface area contributed by atoms with E-state index in [2.05, 4.69) is 34.5 Å². The highest BCUT2D eigenvalue weighted by molar-refractivity contribution is 5.95. The SMILES string of the molecule is Cl.O=C(c1ccc(-c2ccc(O)cc2)cc1)N1C[C@@H]2CNC[C@@H]2[C@@H]1c1ccccc1. The summed E-state index contributed by atoms with van der Waals surface area (Å²) in [5.41, 5.74) is 3.99. The van der Waals surface area contributed by atoms with E-state index in [1.165, 1.54) is 5.56 Å². The van der Waals surface area contributed by atoms with Crippen molar-refractivity contribution in [2.45, 2.75) is 6.04 Å². The molecule has 0 radical (unpaired) electrons. The quantitative estimate of drug-likeness (QED) is 0.655. The van der Waals surface area contributed by atoms with Crippen LogP contribution in [-0.2, 0) is 0 Å². The molecule has 154 valence electrons. The van der Waals surface area contributed by atoms with Gasteiger partial charge in [-0.3, -0.25) is 4.79 Å². The maximum atomic E-state index is 13.4. The molecule has 1 amide bonds. The van der Waals surface area contributed by atoms with E-state index in [0.717, 1.165) is 36.3 Å². The van der Waals surface area contributed by atoms with Crippen molar-refractivity contribution >= 4 is 18.3 Å². The maximum Gasteiger partial charge on any atom is 0.254 e. The highest BCUT2D eigenvalue weighted by Crippen LogP contribution is 2.43. The second-order valence-corrected chi connectivity index (χ2v) is 8.02. The fraction of sp³-hybridized carbons (Fsp3) is 0.240. The molecular weight excluding hydrogens is 396 g/mol. The van der Waals surface area contributed by atoms with E-state index >= 15 is 0 Å². The number of halogens is 1. The van der Waals surface area contributed by atoms with Crippen LogP contribution in [0.3, 0.4) is 0 Å². The molecule has 2 heterocycles. The third-order valence-corrected chi connectivity index (χ3v) is 6.30. The molecule has 30 heavy (non-hydrogen) atoms. The number of carbonyl (C=O) groups is 1. The van der Waals surface area contributed by atoms with Crippen molar-refractivity contribution in [1.29, 1.82) is 0 Å². The van der Waals surface area contributed by atoms with E-state index in [9.17, 15) is 9.90 Å². The van der Waals surface area contributed by atoms with Crippen LogP contribution in [0.15, 0.2) is 78.9 Å². The average molecular weight is 421 g/mol. The fourth-order valence-corrected chi connectivity index (χ4v) is 4.83. The molecule has 0 saturated carbocycles. The Hall–Kier alpha value is -2.82. The minimum atomic E-state index is 0. The molecule has 0 spiro atoms. The Bertz CT molecular complexity index is 1010. The zero-order valence-corrected chi connectivity index (χ0v) is 17.4. The van der Waals surface area contributed by atoms with Crippen molar-refractivity contribution in [1.82, 2.24) is 10.2 Å². The molecule has 0 aliphatic carbocycles. The van der Waals surface area contributed by atoms with Crippen LogP contribution in [0.4, 0.5) is 0 Å². The number of hydrogen-bond acceptors (Lipinski definition) is 3. The summed E-state index contributed by atoms with van der Waals surface area (Å²) in [6.07, 6.45) is 0. The van der Waals surface area contributed by atoms with Crippen LogP contribution in [0.1, 0.15) is 22.0 Å². The van der Waals surface area contributed by atoms with Crippen molar-refractivity contribution in [3.8, 4) is 16.9 Å². The molecule has 0 unspecified atom stereocenters. The van der Waals surface area contributed by atoms with E-state index in [1.807, 2.05) is 42.5 Å². The molecule has 2 saturated heterocycles. The first-order valence-corrected chi connectivity index (χ1v) is 10.2. The van der Waals surface area contributed by atoms with Gasteiger partial charge in [-0.05, 0) is 46.9 Å². The number of carbonyl (C=O) groups excluding carboxylic acids is 1. The Balaban J connectivity index is 0.00000218. The molecule has 5 heteroatoms. The number of amides is 1. The van der Waals surface area contributed by atoms with Crippen LogP contribution in [0, 0.1) is 11.8 Å². The molecule has 4 nitrogen and oxygen atoms in total. The Morgan fingerprint density at radius 2 is 1.50 bits per heavy atom. The predicted octanol–water partition coefficient (Wildman–Crippen LogP) is 4.51. The first-order valence-electron chi connectivity index (χ1n) is 10.2. The molecule has 5 rings (SSSR count). The number of fused-ring (bicyclic) bond motifs is 1. The zero-order valence-electron chi connectivity index (χ0n) is 16.6. The van der Waals surface area contributed by atoms with Crippen LogP contribution in [-0.4, -0.2) is 35.5 Å². The summed E-state index contributed by atoms with van der Waals surface area (Å²) in [6, 6.07) is 25.4. The lowest BCUT2D eigenvalue weighted by Gasteiger charge is -2.28. The third kappa shape index (κ3) is 3.69. The largest absolute Gasteiger partial charge is 0.508 e. The highest BCUT2D eigenvalue weighted by Gasteiger charge is 2.46. The van der Waals surface area contributed by atoms with Gasteiger partial charge in [-0.15, -0.1) is 12.4 Å². The van der Waals surface area contributed by atoms with Gasteiger partial charge in [0.1, 0.15) is 5.75 Å². The molecule has 0 bridgehead atoms. The van der Waals surface area contributed by atoms with Gasteiger partial charge >= 0.3 is 0 Å². The van der Waals surface area contributed by atoms with Gasteiger partial charge in [0.05, 0.1) is 6.04 Å². The first kappa shape index (κ1) is 20.5. The van der Waals surface area contributed by atoms with Crippen LogP contribution in [0.25, 0.3) is 11.1 Å². The third-order valence-electron chi connectivity index (χ3n) is 6.30. The van der Waals surface area contributed by atoms with Crippen LogP contribution in [0.5, 0.6) is 5.75 Å². The van der Waals surface area contributed by atoms with E-state index in [-0.39, 0.29) is 30.1 Å². The number of phenolic OH excluding ortho intramolecular Hbond substituents is 1. The number of rotatable bonds is 3. The molecule has 3 aromatic rings. The Morgan fingerprint density at radius 3 is 2.17 bits per heavy atom. The number of aromatic hydroxyl groups is 1. The van der Waals surface area contributed by atoms with Gasteiger partial charge in [-0.1, -0.05) is 54.6 Å². The minimum Gasteiger partial charge on any atom is -0.508 e. The molecule has 2 N–H and O–H groups in total. The molecule has 2 aliphatic rings. The van der Waals surface area contributed by atoms with Gasteiger partial charge in [0.15, 0.2) is 0 Å². The van der Waals surface area contributed by atoms with Crippen LogP contribution in [0.2, 0.25) is 0 Å². The lowest BCUT2D eigenvalue weighted by molar-refractivity contribution is 0.0714. The Labute approximate surface area is 183 Å². The maximum absolute atomic E-state index is 13.4. The van der Waals surface area contributed by atoms with Crippen molar-refractivity contribution < 1.29 is 9.90 Å². The number of nitrogens with zero attached hydrogens (tertiary/aromatic N) is 1. The lowest BCUT2D eigenvalue weighted by Crippen LogP contribution is -2.34. The lowest BCUT2D eigenvalue weighted by atomic mass is 9.89. The van der Waals surface area contributed by atoms with E-state index in [1.54, 1.807) is 12.1 Å². The summed E-state index contributed by atoms with van der Waals surface area (Å²) in [5, 5.41) is 13.0. The molecule has 2 fully saturated rings. The number of likely N-dealkylation sites (tertiary alicyclic amines) is 1. The summed E-state index contributed by atoms with van der Waals surface area (Å²) in [4.78, 5) is 15.5. The number of phenols is 1. The Kier molecular flexibility index (Phi) is 5.80. The predicted molar refractivity (Wildman–Crippen MR) is 121 cm³/mol. The molecule has 3 aromatic carbocycles. The van der Waals surface area contributed by atoms with Crippen molar-refractivity contribution in [2.75, 3.05) is 19.6 Å². The standard InChI is InChI=1S/C25H24N2O2.ClH/c28-22-12-10-18(11-13-22)17-6-8-20(9-7-17)25(29)27-16-21-14-26-15-23(21)24(27)19-4-2-1-3-5-19;/h1-13,21,23-24,26,28H,14-16H2;1H/t21-,23-,24-;/m0./s1. The summed E-state index contributed by atoms with van der Waals surface area (Å²) in [6.45, 7) is 2.75. The number of nitrogens with one attached hydrogen (secondary N) is 1. The number of hydrogen-bond donors (Lipinski definition) is 2. The van der Waals surface area contributed by atoms with Crippen LogP contribution < -0.4 is 5.32 Å². The van der Waals surface area contributed by atoms with Crippen molar-refractivity contribution in [2.24, 2.45) is 11.8 Å². The molecule has 0 aromatic heterocycles. The smallest absolute Gasteiger partial charge is 0.254 e.